The number of halogens is 1. The maximum atomic E-state index is 12.7. The number of nitrogens with one attached hydrogen (secondary N) is 1. The molecule has 4 amide bonds. The van der Waals surface area contributed by atoms with Gasteiger partial charge in [0.2, 0.25) is 5.91 Å². The minimum atomic E-state index is -0.905. The first kappa shape index (κ1) is 20.3. The molecule has 2 fully saturated rings. The van der Waals surface area contributed by atoms with Gasteiger partial charge in [-0.05, 0) is 51.0 Å². The van der Waals surface area contributed by atoms with E-state index in [2.05, 4.69) is 5.32 Å². The molecule has 0 aliphatic carbocycles. The zero-order chi connectivity index (χ0) is 20.5. The third-order valence-corrected chi connectivity index (χ3v) is 5.66. The maximum Gasteiger partial charge on any atom is 0.325 e. The first-order valence-corrected chi connectivity index (χ1v) is 9.84. The van der Waals surface area contributed by atoms with Crippen molar-refractivity contribution in [2.24, 2.45) is 0 Å². The second-order valence-electron chi connectivity index (χ2n) is 7.59. The van der Waals surface area contributed by atoms with E-state index < -0.39 is 5.54 Å². The van der Waals surface area contributed by atoms with Crippen molar-refractivity contribution < 1.29 is 19.2 Å². The summed E-state index contributed by atoms with van der Waals surface area (Å²) in [6, 6.07) is 6.02. The number of urea groups is 1. The van der Waals surface area contributed by atoms with Crippen molar-refractivity contribution in [1.29, 1.82) is 0 Å². The molecule has 0 bridgehead atoms. The van der Waals surface area contributed by atoms with E-state index in [1.807, 2.05) is 0 Å². The summed E-state index contributed by atoms with van der Waals surface area (Å²) in [6.07, 6.45) is 1.01. The van der Waals surface area contributed by atoms with Gasteiger partial charge in [-0.2, -0.15) is 0 Å². The van der Waals surface area contributed by atoms with Crippen molar-refractivity contribution in [2.45, 2.75) is 51.1 Å². The number of rotatable bonds is 5. The molecule has 2 aliphatic heterocycles. The molecule has 0 atom stereocenters. The molecule has 2 saturated heterocycles. The summed E-state index contributed by atoms with van der Waals surface area (Å²) >= 11 is 5.82. The Morgan fingerprint density at radius 2 is 1.71 bits per heavy atom. The lowest BCUT2D eigenvalue weighted by molar-refractivity contribution is -0.139. The molecular weight excluding hydrogens is 382 g/mol. The topological polar surface area (TPSA) is 86.8 Å². The average Bonchev–Trinajstić information content (AvgIpc) is 2.90. The van der Waals surface area contributed by atoms with Gasteiger partial charge in [0.05, 0.1) is 0 Å². The number of ketones is 1. The number of amides is 4. The van der Waals surface area contributed by atoms with Gasteiger partial charge in [-0.25, -0.2) is 4.79 Å². The highest BCUT2D eigenvalue weighted by Gasteiger charge is 2.53. The molecule has 150 valence electrons. The van der Waals surface area contributed by atoms with Crippen molar-refractivity contribution >= 4 is 35.2 Å². The van der Waals surface area contributed by atoms with Crippen LogP contribution in [0.1, 0.15) is 49.9 Å². The molecule has 3 rings (SSSR count). The Hall–Kier alpha value is -2.41. The van der Waals surface area contributed by atoms with Gasteiger partial charge in [0, 0.05) is 42.6 Å². The number of piperidine rings is 1. The number of hydrogen-bond donors (Lipinski definition) is 1. The molecule has 0 unspecified atom stereocenters. The van der Waals surface area contributed by atoms with Crippen LogP contribution in [-0.2, 0) is 9.59 Å². The van der Waals surface area contributed by atoms with Crippen LogP contribution in [0.3, 0.4) is 0 Å². The van der Waals surface area contributed by atoms with Gasteiger partial charge >= 0.3 is 6.03 Å². The average molecular weight is 406 g/mol. The molecule has 7 nitrogen and oxygen atoms in total. The van der Waals surface area contributed by atoms with Crippen molar-refractivity contribution in [2.75, 3.05) is 13.1 Å². The zero-order valence-corrected chi connectivity index (χ0v) is 16.8. The van der Waals surface area contributed by atoms with E-state index in [1.165, 1.54) is 4.90 Å². The minimum absolute atomic E-state index is 0.107. The number of benzene rings is 1. The molecule has 28 heavy (non-hydrogen) atoms. The fraction of sp³-hybridized carbons (Fsp3) is 0.500. The number of likely N-dealkylation sites (tertiary alicyclic amines) is 1. The van der Waals surface area contributed by atoms with Gasteiger partial charge in [-0.15, -0.1) is 0 Å². The second-order valence-corrected chi connectivity index (χ2v) is 8.03. The fourth-order valence-electron chi connectivity index (χ4n) is 3.75. The summed E-state index contributed by atoms with van der Waals surface area (Å²) in [6.45, 7) is 4.36. The normalized spacial score (nSPS) is 18.7. The van der Waals surface area contributed by atoms with E-state index in [4.69, 9.17) is 11.6 Å². The van der Waals surface area contributed by atoms with Crippen molar-refractivity contribution in [3.05, 3.63) is 34.9 Å². The van der Waals surface area contributed by atoms with E-state index in [9.17, 15) is 19.2 Å². The first-order valence-electron chi connectivity index (χ1n) is 9.46. The van der Waals surface area contributed by atoms with E-state index in [0.29, 0.717) is 36.5 Å². The third-order valence-electron chi connectivity index (χ3n) is 5.41. The molecule has 0 saturated carbocycles. The zero-order valence-electron chi connectivity index (χ0n) is 16.0. The quantitative estimate of drug-likeness (QED) is 0.602. The smallest absolute Gasteiger partial charge is 0.325 e. The second kappa shape index (κ2) is 7.91. The van der Waals surface area contributed by atoms with Gasteiger partial charge in [0.1, 0.15) is 5.54 Å². The van der Waals surface area contributed by atoms with Crippen LogP contribution in [0, 0.1) is 0 Å². The number of hydrogen-bond acceptors (Lipinski definition) is 4. The molecule has 2 aliphatic rings. The molecule has 1 aromatic rings. The lowest BCUT2D eigenvalue weighted by atomic mass is 9.87. The van der Waals surface area contributed by atoms with E-state index in [1.54, 1.807) is 43.0 Å². The van der Waals surface area contributed by atoms with Crippen molar-refractivity contribution in [1.82, 2.24) is 15.1 Å². The molecule has 1 N–H and O–H groups in total. The van der Waals surface area contributed by atoms with Crippen LogP contribution in [0.4, 0.5) is 4.79 Å². The Bertz CT molecular complexity index is 798. The Morgan fingerprint density at radius 1 is 1.11 bits per heavy atom. The number of Topliss-reactive ketones (excluding diaryl/α,β-unsaturated/α-hetero) is 1. The summed E-state index contributed by atoms with van der Waals surface area (Å²) in [7, 11) is 0. The first-order chi connectivity index (χ1) is 13.2. The Kier molecular flexibility index (Phi) is 5.74. The van der Waals surface area contributed by atoms with Crippen LogP contribution >= 0.6 is 11.6 Å². The van der Waals surface area contributed by atoms with Gasteiger partial charge in [-0.3, -0.25) is 19.3 Å². The number of imide groups is 1. The summed E-state index contributed by atoms with van der Waals surface area (Å²) in [5.74, 6) is -0.434. The highest BCUT2D eigenvalue weighted by Crippen LogP contribution is 2.30. The summed E-state index contributed by atoms with van der Waals surface area (Å²) < 4.78 is 0. The lowest BCUT2D eigenvalue weighted by Crippen LogP contribution is -2.56. The maximum absolute atomic E-state index is 12.7. The lowest BCUT2D eigenvalue weighted by Gasteiger charge is -2.37. The summed E-state index contributed by atoms with van der Waals surface area (Å²) in [5.41, 5.74) is -0.375. The van der Waals surface area contributed by atoms with Crippen molar-refractivity contribution in [3.63, 3.8) is 0 Å². The van der Waals surface area contributed by atoms with Crippen LogP contribution in [0.5, 0.6) is 0 Å². The number of carbonyl (C=O) groups is 4. The summed E-state index contributed by atoms with van der Waals surface area (Å²) in [5, 5.41) is 3.38. The van der Waals surface area contributed by atoms with E-state index >= 15 is 0 Å². The van der Waals surface area contributed by atoms with Crippen LogP contribution in [0.15, 0.2) is 24.3 Å². The monoisotopic (exact) mass is 405 g/mol. The Morgan fingerprint density at radius 3 is 2.25 bits per heavy atom. The SMILES string of the molecule is CC(C)N1C(=O)NC2(CCN(C(=O)CCC(=O)c3ccc(Cl)cc3)CC2)C1=O. The predicted molar refractivity (Wildman–Crippen MR) is 104 cm³/mol. The highest BCUT2D eigenvalue weighted by molar-refractivity contribution is 6.30. The van der Waals surface area contributed by atoms with E-state index in [0.717, 1.165) is 0 Å². The molecule has 1 aromatic carbocycles. The van der Waals surface area contributed by atoms with Gasteiger partial charge in [0.25, 0.3) is 5.91 Å². The van der Waals surface area contributed by atoms with E-state index in [-0.39, 0.29) is 42.5 Å². The molecule has 2 heterocycles. The fourth-order valence-corrected chi connectivity index (χ4v) is 3.87. The minimum Gasteiger partial charge on any atom is -0.342 e. The summed E-state index contributed by atoms with van der Waals surface area (Å²) in [4.78, 5) is 52.4. The van der Waals surface area contributed by atoms with Gasteiger partial charge in [-0.1, -0.05) is 11.6 Å². The Labute approximate surface area is 169 Å². The Balaban J connectivity index is 1.53. The molecule has 1 spiro atoms. The van der Waals surface area contributed by atoms with Crippen LogP contribution in [0.2, 0.25) is 5.02 Å². The van der Waals surface area contributed by atoms with Crippen LogP contribution in [-0.4, -0.2) is 58.1 Å². The third kappa shape index (κ3) is 3.90. The van der Waals surface area contributed by atoms with Crippen LogP contribution in [0.25, 0.3) is 0 Å². The molecular formula is C20H24ClN3O4. The highest BCUT2D eigenvalue weighted by atomic mass is 35.5. The van der Waals surface area contributed by atoms with Crippen LogP contribution < -0.4 is 5.32 Å². The van der Waals surface area contributed by atoms with Gasteiger partial charge < -0.3 is 10.2 Å². The molecule has 0 radical (unpaired) electrons. The number of nitrogens with zero attached hydrogens (tertiary/aromatic N) is 2. The van der Waals surface area contributed by atoms with Gasteiger partial charge in [0.15, 0.2) is 5.78 Å². The van der Waals surface area contributed by atoms with Crippen molar-refractivity contribution in [3.8, 4) is 0 Å². The largest absolute Gasteiger partial charge is 0.342 e. The predicted octanol–water partition coefficient (Wildman–Crippen LogP) is 2.62. The standard InChI is InChI=1S/C20H24ClN3O4/c1-13(2)24-18(27)20(22-19(24)28)9-11-23(12-10-20)17(26)8-7-16(25)14-3-5-15(21)6-4-14/h3-6,13H,7-12H2,1-2H3,(H,22,28). The molecule has 0 aromatic heterocycles. The number of carbonyl (C=O) groups excluding carboxylic acids is 4. The molecule has 8 heteroatoms.